The Balaban J connectivity index is 1.56. The molecule has 1 saturated heterocycles. The summed E-state index contributed by atoms with van der Waals surface area (Å²) in [5.41, 5.74) is 3.48. The van der Waals surface area contributed by atoms with Gasteiger partial charge in [0.2, 0.25) is 0 Å². The summed E-state index contributed by atoms with van der Waals surface area (Å²) in [7, 11) is 0. The first kappa shape index (κ1) is 16.3. The van der Waals surface area contributed by atoms with Gasteiger partial charge in [-0.2, -0.15) is 0 Å². The largest absolute Gasteiger partial charge is 0.349 e. The van der Waals surface area contributed by atoms with E-state index in [1.807, 2.05) is 53.4 Å². The summed E-state index contributed by atoms with van der Waals surface area (Å²) in [6, 6.07) is 28.5. The molecular formula is C24H21NO2. The summed E-state index contributed by atoms with van der Waals surface area (Å²) in [6.07, 6.45) is 1.61. The lowest BCUT2D eigenvalue weighted by Gasteiger charge is -2.34. The lowest BCUT2D eigenvalue weighted by atomic mass is 9.94. The van der Waals surface area contributed by atoms with Crippen LogP contribution >= 0.6 is 0 Å². The maximum Gasteiger partial charge on any atom is 0.257 e. The first-order chi connectivity index (χ1) is 13.3. The molecule has 3 heteroatoms. The maximum absolute atomic E-state index is 13.3. The van der Waals surface area contributed by atoms with E-state index in [1.54, 1.807) is 0 Å². The molecule has 1 amide bonds. The molecule has 1 fully saturated rings. The summed E-state index contributed by atoms with van der Waals surface area (Å²) in [5.74, 6) is 0.0741. The Labute approximate surface area is 159 Å². The SMILES string of the molecule is O=C1c2ccccc2[C@]2(CCc3ccccc3)OC[C@@H](c3ccccc3)N12. The van der Waals surface area contributed by atoms with Gasteiger partial charge >= 0.3 is 0 Å². The van der Waals surface area contributed by atoms with Crippen LogP contribution in [-0.4, -0.2) is 17.4 Å². The molecule has 0 unspecified atom stereocenters. The Bertz CT molecular complexity index is 970. The second-order valence-electron chi connectivity index (χ2n) is 7.23. The monoisotopic (exact) mass is 355 g/mol. The number of amides is 1. The molecule has 0 bridgehead atoms. The molecule has 0 aliphatic carbocycles. The van der Waals surface area contributed by atoms with Crippen molar-refractivity contribution in [2.45, 2.75) is 24.6 Å². The van der Waals surface area contributed by atoms with Crippen LogP contribution in [0.1, 0.15) is 39.5 Å². The fourth-order valence-electron chi connectivity index (χ4n) is 4.47. The second-order valence-corrected chi connectivity index (χ2v) is 7.23. The lowest BCUT2D eigenvalue weighted by molar-refractivity contribution is -0.0732. The van der Waals surface area contributed by atoms with Gasteiger partial charge in [0.05, 0.1) is 12.6 Å². The highest BCUT2D eigenvalue weighted by molar-refractivity contribution is 6.00. The van der Waals surface area contributed by atoms with Crippen molar-refractivity contribution in [2.24, 2.45) is 0 Å². The van der Waals surface area contributed by atoms with Gasteiger partial charge in [-0.05, 0) is 23.6 Å². The van der Waals surface area contributed by atoms with Crippen LogP contribution in [0.4, 0.5) is 0 Å². The number of carbonyl (C=O) groups is 1. The van der Waals surface area contributed by atoms with E-state index in [2.05, 4.69) is 36.4 Å². The van der Waals surface area contributed by atoms with Crippen LogP contribution in [0.5, 0.6) is 0 Å². The predicted octanol–water partition coefficient (Wildman–Crippen LogP) is 4.70. The van der Waals surface area contributed by atoms with Crippen LogP contribution in [0.15, 0.2) is 84.9 Å². The average Bonchev–Trinajstić information content (AvgIpc) is 3.23. The topological polar surface area (TPSA) is 29.5 Å². The van der Waals surface area contributed by atoms with E-state index in [0.29, 0.717) is 6.61 Å². The van der Waals surface area contributed by atoms with Crippen LogP contribution < -0.4 is 0 Å². The molecule has 3 nitrogen and oxygen atoms in total. The number of nitrogens with zero attached hydrogens (tertiary/aromatic N) is 1. The zero-order chi connectivity index (χ0) is 18.3. The Morgan fingerprint density at radius 3 is 2.33 bits per heavy atom. The molecule has 0 saturated carbocycles. The molecule has 2 aliphatic rings. The molecule has 27 heavy (non-hydrogen) atoms. The summed E-state index contributed by atoms with van der Waals surface area (Å²) < 4.78 is 6.46. The number of carbonyl (C=O) groups excluding carboxylic acids is 1. The minimum atomic E-state index is -0.677. The van der Waals surface area contributed by atoms with Crippen LogP contribution in [0.25, 0.3) is 0 Å². The molecular weight excluding hydrogens is 334 g/mol. The second kappa shape index (κ2) is 6.36. The lowest BCUT2D eigenvalue weighted by Crippen LogP contribution is -2.41. The fraction of sp³-hybridized carbons (Fsp3) is 0.208. The normalized spacial score (nSPS) is 23.3. The minimum Gasteiger partial charge on any atom is -0.349 e. The molecule has 0 radical (unpaired) electrons. The van der Waals surface area contributed by atoms with E-state index < -0.39 is 5.72 Å². The number of ether oxygens (including phenoxy) is 1. The molecule has 0 spiro atoms. The zero-order valence-electron chi connectivity index (χ0n) is 15.0. The summed E-state index contributed by atoms with van der Waals surface area (Å²) in [4.78, 5) is 15.3. The molecule has 3 aromatic rings. The smallest absolute Gasteiger partial charge is 0.257 e. The average molecular weight is 355 g/mol. The van der Waals surface area contributed by atoms with Gasteiger partial charge in [-0.25, -0.2) is 0 Å². The molecule has 0 aromatic heterocycles. The molecule has 0 N–H and O–H groups in total. The number of hydrogen-bond donors (Lipinski definition) is 0. The van der Waals surface area contributed by atoms with Gasteiger partial charge in [-0.1, -0.05) is 78.9 Å². The number of fused-ring (bicyclic) bond motifs is 3. The highest BCUT2D eigenvalue weighted by atomic mass is 16.5. The van der Waals surface area contributed by atoms with Gasteiger partial charge in [-0.15, -0.1) is 0 Å². The number of benzene rings is 3. The molecule has 2 aliphatic heterocycles. The fourth-order valence-corrected chi connectivity index (χ4v) is 4.47. The maximum atomic E-state index is 13.3. The molecule has 2 atom stereocenters. The van der Waals surface area contributed by atoms with Crippen molar-refractivity contribution in [3.63, 3.8) is 0 Å². The van der Waals surface area contributed by atoms with Crippen molar-refractivity contribution in [3.8, 4) is 0 Å². The van der Waals surface area contributed by atoms with Crippen molar-refractivity contribution in [1.29, 1.82) is 0 Å². The van der Waals surface area contributed by atoms with Crippen LogP contribution in [0.2, 0.25) is 0 Å². The highest BCUT2D eigenvalue weighted by Crippen LogP contribution is 2.52. The highest BCUT2D eigenvalue weighted by Gasteiger charge is 2.57. The number of hydrogen-bond acceptors (Lipinski definition) is 2. The molecule has 2 heterocycles. The van der Waals surface area contributed by atoms with Gasteiger partial charge in [0, 0.05) is 17.5 Å². The molecule has 3 aromatic carbocycles. The third-order valence-electron chi connectivity index (χ3n) is 5.76. The van der Waals surface area contributed by atoms with Gasteiger partial charge in [0.25, 0.3) is 5.91 Å². The third-order valence-corrected chi connectivity index (χ3v) is 5.76. The third kappa shape index (κ3) is 2.50. The van der Waals surface area contributed by atoms with E-state index >= 15 is 0 Å². The van der Waals surface area contributed by atoms with Crippen molar-refractivity contribution >= 4 is 5.91 Å². The van der Waals surface area contributed by atoms with E-state index in [1.165, 1.54) is 5.56 Å². The van der Waals surface area contributed by atoms with Gasteiger partial charge in [-0.3, -0.25) is 9.69 Å². The first-order valence-electron chi connectivity index (χ1n) is 9.46. The standard InChI is InChI=1S/C24H21NO2/c26-23-20-13-7-8-14-21(20)24(16-15-18-9-3-1-4-10-18)25(23)22(17-27-24)19-11-5-2-6-12-19/h1-14,22H,15-17H2/t22-,24-/m0/s1. The summed E-state index contributed by atoms with van der Waals surface area (Å²) in [6.45, 7) is 0.527. The van der Waals surface area contributed by atoms with Gasteiger partial charge in [0.15, 0.2) is 5.72 Å². The quantitative estimate of drug-likeness (QED) is 0.679. The van der Waals surface area contributed by atoms with E-state index in [9.17, 15) is 4.79 Å². The Kier molecular flexibility index (Phi) is 3.83. The first-order valence-corrected chi connectivity index (χ1v) is 9.46. The van der Waals surface area contributed by atoms with Crippen molar-refractivity contribution < 1.29 is 9.53 Å². The van der Waals surface area contributed by atoms with E-state index in [4.69, 9.17) is 4.74 Å². The molecule has 5 rings (SSSR count). The zero-order valence-corrected chi connectivity index (χ0v) is 15.0. The Hall–Kier alpha value is -2.91. The number of aryl methyl sites for hydroxylation is 1. The number of rotatable bonds is 4. The minimum absolute atomic E-state index is 0.0538. The summed E-state index contributed by atoms with van der Waals surface area (Å²) >= 11 is 0. The van der Waals surface area contributed by atoms with Crippen LogP contribution in [-0.2, 0) is 16.9 Å². The Morgan fingerprint density at radius 1 is 0.889 bits per heavy atom. The van der Waals surface area contributed by atoms with Gasteiger partial charge in [0.1, 0.15) is 0 Å². The van der Waals surface area contributed by atoms with Gasteiger partial charge < -0.3 is 4.74 Å². The van der Waals surface area contributed by atoms with Crippen LogP contribution in [0.3, 0.4) is 0 Å². The van der Waals surface area contributed by atoms with E-state index in [-0.39, 0.29) is 11.9 Å². The van der Waals surface area contributed by atoms with Crippen molar-refractivity contribution in [2.75, 3.05) is 6.61 Å². The van der Waals surface area contributed by atoms with Crippen molar-refractivity contribution in [1.82, 2.24) is 4.90 Å². The van der Waals surface area contributed by atoms with E-state index in [0.717, 1.165) is 29.5 Å². The Morgan fingerprint density at radius 2 is 1.56 bits per heavy atom. The predicted molar refractivity (Wildman–Crippen MR) is 104 cm³/mol. The summed E-state index contributed by atoms with van der Waals surface area (Å²) in [5, 5.41) is 0. The van der Waals surface area contributed by atoms with Crippen molar-refractivity contribution in [3.05, 3.63) is 107 Å². The molecule has 134 valence electrons. The van der Waals surface area contributed by atoms with Crippen LogP contribution in [0, 0.1) is 0 Å².